The summed E-state index contributed by atoms with van der Waals surface area (Å²) in [4.78, 5) is 14.4. The summed E-state index contributed by atoms with van der Waals surface area (Å²) in [7, 11) is 0. The number of anilines is 1. The fourth-order valence-electron chi connectivity index (χ4n) is 2.64. The molecule has 0 aliphatic carbocycles. The average molecular weight is 267 g/mol. The zero-order valence-electron chi connectivity index (χ0n) is 10.8. The quantitative estimate of drug-likeness (QED) is 0.836. The lowest BCUT2D eigenvalue weighted by atomic mass is 10.0. The van der Waals surface area contributed by atoms with Crippen molar-refractivity contribution >= 4 is 23.2 Å². The molecule has 1 aromatic carbocycles. The van der Waals surface area contributed by atoms with Crippen LogP contribution in [-0.4, -0.2) is 23.4 Å². The first kappa shape index (κ1) is 13.2. The Balaban J connectivity index is 2.25. The van der Waals surface area contributed by atoms with Gasteiger partial charge in [0, 0.05) is 28.9 Å². The lowest BCUT2D eigenvalue weighted by Crippen LogP contribution is -2.38. The first-order valence-corrected chi connectivity index (χ1v) is 6.74. The Morgan fingerprint density at radius 2 is 2.17 bits per heavy atom. The second-order valence-electron chi connectivity index (χ2n) is 5.23. The lowest BCUT2D eigenvalue weighted by Gasteiger charge is -2.27. The highest BCUT2D eigenvalue weighted by Crippen LogP contribution is 2.27. The van der Waals surface area contributed by atoms with Crippen LogP contribution in [0.5, 0.6) is 0 Å². The number of nitrogen functional groups attached to an aromatic ring is 1. The topological polar surface area (TPSA) is 46.3 Å². The van der Waals surface area contributed by atoms with Crippen LogP contribution in [0.4, 0.5) is 5.69 Å². The second-order valence-corrected chi connectivity index (χ2v) is 5.66. The number of rotatable bonds is 2. The van der Waals surface area contributed by atoms with Crippen LogP contribution < -0.4 is 5.73 Å². The molecule has 0 aromatic heterocycles. The number of halogens is 1. The van der Waals surface area contributed by atoms with Crippen molar-refractivity contribution in [3.8, 4) is 0 Å². The van der Waals surface area contributed by atoms with Crippen molar-refractivity contribution in [2.24, 2.45) is 5.92 Å². The molecule has 3 nitrogen and oxygen atoms in total. The average Bonchev–Trinajstić information content (AvgIpc) is 2.75. The predicted octanol–water partition coefficient (Wildman–Crippen LogP) is 3.18. The summed E-state index contributed by atoms with van der Waals surface area (Å²) in [5.41, 5.74) is 6.86. The minimum absolute atomic E-state index is 0.0420. The van der Waals surface area contributed by atoms with Crippen LogP contribution in [0.15, 0.2) is 18.2 Å². The Labute approximate surface area is 113 Å². The Kier molecular flexibility index (Phi) is 3.81. The van der Waals surface area contributed by atoms with Crippen molar-refractivity contribution < 1.29 is 4.79 Å². The molecule has 1 fully saturated rings. The molecule has 1 aliphatic heterocycles. The van der Waals surface area contributed by atoms with E-state index < -0.39 is 0 Å². The van der Waals surface area contributed by atoms with E-state index in [2.05, 4.69) is 13.8 Å². The number of amides is 1. The van der Waals surface area contributed by atoms with E-state index in [9.17, 15) is 4.79 Å². The molecular formula is C14H19ClN2O. The highest BCUT2D eigenvalue weighted by molar-refractivity contribution is 6.31. The van der Waals surface area contributed by atoms with Gasteiger partial charge in [0.25, 0.3) is 5.91 Å². The van der Waals surface area contributed by atoms with Crippen LogP contribution >= 0.6 is 11.6 Å². The van der Waals surface area contributed by atoms with E-state index >= 15 is 0 Å². The fraction of sp³-hybridized carbons (Fsp3) is 0.500. The summed E-state index contributed by atoms with van der Waals surface area (Å²) >= 11 is 5.95. The number of nitrogens with zero attached hydrogens (tertiary/aromatic N) is 1. The summed E-state index contributed by atoms with van der Waals surface area (Å²) in [6.07, 6.45) is 2.16. The van der Waals surface area contributed by atoms with E-state index in [1.54, 1.807) is 18.2 Å². The molecule has 1 heterocycles. The molecule has 1 aromatic rings. The number of benzene rings is 1. The van der Waals surface area contributed by atoms with Crippen LogP contribution in [0.3, 0.4) is 0 Å². The summed E-state index contributed by atoms with van der Waals surface area (Å²) in [6, 6.07) is 5.37. The molecule has 1 unspecified atom stereocenters. The van der Waals surface area contributed by atoms with Gasteiger partial charge in [0.1, 0.15) is 0 Å². The van der Waals surface area contributed by atoms with Crippen molar-refractivity contribution in [3.63, 3.8) is 0 Å². The third-order valence-corrected chi connectivity index (χ3v) is 3.71. The van der Waals surface area contributed by atoms with E-state index in [0.717, 1.165) is 19.4 Å². The highest BCUT2D eigenvalue weighted by Gasteiger charge is 2.31. The van der Waals surface area contributed by atoms with Gasteiger partial charge in [0.2, 0.25) is 0 Å². The normalized spacial score (nSPS) is 19.6. The van der Waals surface area contributed by atoms with Gasteiger partial charge in [0.05, 0.1) is 0 Å². The zero-order chi connectivity index (χ0) is 13.3. The van der Waals surface area contributed by atoms with Gasteiger partial charge < -0.3 is 10.6 Å². The molecule has 1 amide bonds. The minimum atomic E-state index is 0.0420. The van der Waals surface area contributed by atoms with E-state index in [1.807, 2.05) is 4.90 Å². The summed E-state index contributed by atoms with van der Waals surface area (Å²) in [5.74, 6) is 0.522. The third-order valence-electron chi connectivity index (χ3n) is 3.50. The number of hydrogen-bond acceptors (Lipinski definition) is 2. The SMILES string of the molecule is CC(C)C1CCCN1C(=O)c1cc(N)cc(Cl)c1. The molecule has 1 aliphatic rings. The minimum Gasteiger partial charge on any atom is -0.399 e. The van der Waals surface area contributed by atoms with Gasteiger partial charge >= 0.3 is 0 Å². The van der Waals surface area contributed by atoms with Crippen molar-refractivity contribution in [1.82, 2.24) is 4.90 Å². The molecule has 0 saturated carbocycles. The number of carbonyl (C=O) groups is 1. The highest BCUT2D eigenvalue weighted by atomic mass is 35.5. The first-order valence-electron chi connectivity index (χ1n) is 6.36. The Hall–Kier alpha value is -1.22. The van der Waals surface area contributed by atoms with Crippen LogP contribution in [0.25, 0.3) is 0 Å². The smallest absolute Gasteiger partial charge is 0.254 e. The number of carbonyl (C=O) groups excluding carboxylic acids is 1. The van der Waals surface area contributed by atoms with Crippen molar-refractivity contribution in [1.29, 1.82) is 0 Å². The standard InChI is InChI=1S/C14H19ClN2O/c1-9(2)13-4-3-5-17(13)14(18)10-6-11(15)8-12(16)7-10/h6-9,13H,3-5,16H2,1-2H3. The lowest BCUT2D eigenvalue weighted by molar-refractivity contribution is 0.0701. The molecule has 0 spiro atoms. The van der Waals surface area contributed by atoms with E-state index in [-0.39, 0.29) is 5.91 Å². The van der Waals surface area contributed by atoms with Gasteiger partial charge in [-0.1, -0.05) is 25.4 Å². The molecular weight excluding hydrogens is 248 g/mol. The first-order chi connectivity index (χ1) is 8.49. The van der Waals surface area contributed by atoms with Crippen molar-refractivity contribution in [3.05, 3.63) is 28.8 Å². The van der Waals surface area contributed by atoms with Crippen LogP contribution in [0.2, 0.25) is 5.02 Å². The van der Waals surface area contributed by atoms with E-state index in [4.69, 9.17) is 17.3 Å². The van der Waals surface area contributed by atoms with Gasteiger partial charge in [-0.15, -0.1) is 0 Å². The van der Waals surface area contributed by atoms with Gasteiger partial charge in [-0.2, -0.15) is 0 Å². The monoisotopic (exact) mass is 266 g/mol. The van der Waals surface area contributed by atoms with Crippen molar-refractivity contribution in [2.75, 3.05) is 12.3 Å². The van der Waals surface area contributed by atoms with Gasteiger partial charge in [-0.3, -0.25) is 4.79 Å². The van der Waals surface area contributed by atoms with Crippen LogP contribution in [0.1, 0.15) is 37.0 Å². The Morgan fingerprint density at radius 3 is 2.78 bits per heavy atom. The zero-order valence-corrected chi connectivity index (χ0v) is 11.6. The van der Waals surface area contributed by atoms with Gasteiger partial charge in [-0.05, 0) is 37.0 Å². The molecule has 0 bridgehead atoms. The third kappa shape index (κ3) is 2.61. The van der Waals surface area contributed by atoms with E-state index in [0.29, 0.717) is 28.2 Å². The van der Waals surface area contributed by atoms with Gasteiger partial charge in [0.15, 0.2) is 0 Å². The molecule has 1 saturated heterocycles. The summed E-state index contributed by atoms with van der Waals surface area (Å²) in [5, 5.41) is 0.513. The molecule has 4 heteroatoms. The maximum atomic E-state index is 12.5. The number of hydrogen-bond donors (Lipinski definition) is 1. The molecule has 98 valence electrons. The van der Waals surface area contributed by atoms with Crippen molar-refractivity contribution in [2.45, 2.75) is 32.7 Å². The maximum absolute atomic E-state index is 12.5. The fourth-order valence-corrected chi connectivity index (χ4v) is 2.88. The maximum Gasteiger partial charge on any atom is 0.254 e. The molecule has 1 atom stereocenters. The number of nitrogens with two attached hydrogens (primary N) is 1. The van der Waals surface area contributed by atoms with Crippen LogP contribution in [-0.2, 0) is 0 Å². The predicted molar refractivity (Wildman–Crippen MR) is 74.8 cm³/mol. The van der Waals surface area contributed by atoms with E-state index in [1.165, 1.54) is 0 Å². The molecule has 0 radical (unpaired) electrons. The molecule has 18 heavy (non-hydrogen) atoms. The Bertz CT molecular complexity index is 439. The number of likely N-dealkylation sites (tertiary alicyclic amines) is 1. The van der Waals surface area contributed by atoms with Gasteiger partial charge in [-0.25, -0.2) is 0 Å². The Morgan fingerprint density at radius 1 is 1.44 bits per heavy atom. The second kappa shape index (κ2) is 5.19. The summed E-state index contributed by atoms with van der Waals surface area (Å²) < 4.78 is 0. The van der Waals surface area contributed by atoms with Crippen LogP contribution in [0, 0.1) is 5.92 Å². The summed E-state index contributed by atoms with van der Waals surface area (Å²) in [6.45, 7) is 5.14. The molecule has 2 N–H and O–H groups in total. The molecule has 2 rings (SSSR count). The largest absolute Gasteiger partial charge is 0.399 e.